The molecule has 0 saturated heterocycles. The van der Waals surface area contributed by atoms with E-state index in [0.29, 0.717) is 5.82 Å². The molecular weight excluding hydrogens is 256 g/mol. The van der Waals surface area contributed by atoms with Gasteiger partial charge in [-0.1, -0.05) is 13.8 Å². The average Bonchev–Trinajstić information content (AvgIpc) is 2.79. The number of carbonyl (C=O) groups is 1. The van der Waals surface area contributed by atoms with Crippen molar-refractivity contribution in [3.05, 3.63) is 22.8 Å². The number of halogens is 1. The van der Waals surface area contributed by atoms with Crippen molar-refractivity contribution in [3.8, 4) is 0 Å². The maximum atomic E-state index is 11.7. The zero-order valence-corrected chi connectivity index (χ0v) is 10.3. The summed E-state index contributed by atoms with van der Waals surface area (Å²) in [6.45, 7) is 4.21. The van der Waals surface area contributed by atoms with Gasteiger partial charge in [0.25, 0.3) is 0 Å². The van der Waals surface area contributed by atoms with Gasteiger partial charge in [0.05, 0.1) is 0 Å². The van der Waals surface area contributed by atoms with Crippen LogP contribution in [0.25, 0.3) is 0 Å². The van der Waals surface area contributed by atoms with E-state index in [0.717, 1.165) is 10.9 Å². The van der Waals surface area contributed by atoms with Crippen molar-refractivity contribution in [1.82, 2.24) is 4.98 Å². The lowest BCUT2D eigenvalue weighted by Crippen LogP contribution is -2.17. The number of rotatable bonds is 2. The molecule has 0 spiro atoms. The standard InChI is InChI=1S/C11H13BrN2O/c1-11(2)5-8(11)10(15)14-9-4-3-7(12)6-13-9/h3-4,6,8H,5H2,1-2H3,(H,13,14,15). The van der Waals surface area contributed by atoms with Gasteiger partial charge in [0.1, 0.15) is 5.82 Å². The Balaban J connectivity index is 1.98. The highest BCUT2D eigenvalue weighted by Gasteiger charge is 2.50. The molecule has 3 nitrogen and oxygen atoms in total. The van der Waals surface area contributed by atoms with E-state index in [1.165, 1.54) is 0 Å². The number of nitrogens with one attached hydrogen (secondary N) is 1. The first-order valence-electron chi connectivity index (χ1n) is 4.91. The van der Waals surface area contributed by atoms with Crippen molar-refractivity contribution in [3.63, 3.8) is 0 Å². The second-order valence-electron chi connectivity index (χ2n) is 4.60. The quantitative estimate of drug-likeness (QED) is 0.897. The van der Waals surface area contributed by atoms with E-state index in [-0.39, 0.29) is 17.2 Å². The predicted octanol–water partition coefficient (Wildman–Crippen LogP) is 2.83. The Hall–Kier alpha value is -0.900. The van der Waals surface area contributed by atoms with E-state index >= 15 is 0 Å². The van der Waals surface area contributed by atoms with Gasteiger partial charge in [0, 0.05) is 16.6 Å². The van der Waals surface area contributed by atoms with Crippen LogP contribution in [-0.4, -0.2) is 10.9 Å². The van der Waals surface area contributed by atoms with Gasteiger partial charge in [-0.05, 0) is 39.9 Å². The number of aromatic nitrogens is 1. The third kappa shape index (κ3) is 2.37. The van der Waals surface area contributed by atoms with Gasteiger partial charge in [-0.25, -0.2) is 4.98 Å². The van der Waals surface area contributed by atoms with Crippen molar-refractivity contribution >= 4 is 27.7 Å². The molecule has 1 aliphatic carbocycles. The second kappa shape index (κ2) is 3.59. The van der Waals surface area contributed by atoms with Gasteiger partial charge in [-0.2, -0.15) is 0 Å². The van der Waals surface area contributed by atoms with E-state index in [1.54, 1.807) is 12.3 Å². The van der Waals surface area contributed by atoms with Crippen molar-refractivity contribution < 1.29 is 4.79 Å². The topological polar surface area (TPSA) is 42.0 Å². The first kappa shape index (κ1) is 10.6. The third-order valence-corrected chi connectivity index (χ3v) is 3.28. The fourth-order valence-corrected chi connectivity index (χ4v) is 1.81. The van der Waals surface area contributed by atoms with Gasteiger partial charge in [0.2, 0.25) is 5.91 Å². The molecule has 0 radical (unpaired) electrons. The number of hydrogen-bond donors (Lipinski definition) is 1. The Morgan fingerprint density at radius 1 is 1.60 bits per heavy atom. The largest absolute Gasteiger partial charge is 0.310 e. The highest BCUT2D eigenvalue weighted by molar-refractivity contribution is 9.10. The number of nitrogens with zero attached hydrogens (tertiary/aromatic N) is 1. The number of anilines is 1. The maximum Gasteiger partial charge on any atom is 0.229 e. The molecule has 0 bridgehead atoms. The van der Waals surface area contributed by atoms with Crippen molar-refractivity contribution in [2.45, 2.75) is 20.3 Å². The van der Waals surface area contributed by atoms with E-state index < -0.39 is 0 Å². The van der Waals surface area contributed by atoms with Crippen LogP contribution in [0.4, 0.5) is 5.82 Å². The molecular formula is C11H13BrN2O. The molecule has 1 N–H and O–H groups in total. The fraction of sp³-hybridized carbons (Fsp3) is 0.455. The predicted molar refractivity (Wildman–Crippen MR) is 62.5 cm³/mol. The zero-order valence-electron chi connectivity index (χ0n) is 8.75. The molecule has 1 aromatic rings. The fourth-order valence-electron chi connectivity index (χ4n) is 1.58. The van der Waals surface area contributed by atoms with E-state index in [1.807, 2.05) is 6.07 Å². The molecule has 0 aromatic carbocycles. The van der Waals surface area contributed by atoms with Gasteiger partial charge in [-0.3, -0.25) is 4.79 Å². The van der Waals surface area contributed by atoms with Crippen molar-refractivity contribution in [2.75, 3.05) is 5.32 Å². The lowest BCUT2D eigenvalue weighted by molar-refractivity contribution is -0.118. The molecule has 1 atom stereocenters. The summed E-state index contributed by atoms with van der Waals surface area (Å²) in [6, 6.07) is 3.65. The van der Waals surface area contributed by atoms with Crippen LogP contribution in [0.5, 0.6) is 0 Å². The molecule has 1 saturated carbocycles. The van der Waals surface area contributed by atoms with Crippen LogP contribution in [0, 0.1) is 11.3 Å². The molecule has 1 fully saturated rings. The molecule has 0 aliphatic heterocycles. The molecule has 1 unspecified atom stereocenters. The van der Waals surface area contributed by atoms with Gasteiger partial charge < -0.3 is 5.32 Å². The summed E-state index contributed by atoms with van der Waals surface area (Å²) in [5, 5.41) is 2.82. The van der Waals surface area contributed by atoms with Crippen LogP contribution in [-0.2, 0) is 4.79 Å². The molecule has 4 heteroatoms. The first-order chi connectivity index (χ1) is 6.99. The summed E-state index contributed by atoms with van der Waals surface area (Å²) in [7, 11) is 0. The maximum absolute atomic E-state index is 11.7. The number of carbonyl (C=O) groups excluding carboxylic acids is 1. The molecule has 1 aliphatic rings. The molecule has 2 rings (SSSR count). The smallest absolute Gasteiger partial charge is 0.229 e. The molecule has 1 heterocycles. The Bertz CT molecular complexity index is 386. The van der Waals surface area contributed by atoms with Gasteiger partial charge in [-0.15, -0.1) is 0 Å². The molecule has 1 aromatic heterocycles. The number of amides is 1. The van der Waals surface area contributed by atoms with Crippen LogP contribution in [0.3, 0.4) is 0 Å². The van der Waals surface area contributed by atoms with Crippen LogP contribution in [0.1, 0.15) is 20.3 Å². The van der Waals surface area contributed by atoms with Crippen LogP contribution >= 0.6 is 15.9 Å². The number of hydrogen-bond acceptors (Lipinski definition) is 2. The minimum absolute atomic E-state index is 0.0785. The Morgan fingerprint density at radius 2 is 2.27 bits per heavy atom. The molecule has 80 valence electrons. The van der Waals surface area contributed by atoms with Crippen molar-refractivity contribution in [1.29, 1.82) is 0 Å². The summed E-state index contributed by atoms with van der Waals surface area (Å²) in [4.78, 5) is 15.8. The highest BCUT2D eigenvalue weighted by Crippen LogP contribution is 2.51. The number of pyridine rings is 1. The van der Waals surface area contributed by atoms with Crippen LogP contribution < -0.4 is 5.32 Å². The minimum Gasteiger partial charge on any atom is -0.310 e. The van der Waals surface area contributed by atoms with E-state index in [9.17, 15) is 4.79 Å². The summed E-state index contributed by atoms with van der Waals surface area (Å²) in [5.74, 6) is 0.837. The van der Waals surface area contributed by atoms with Gasteiger partial charge >= 0.3 is 0 Å². The summed E-state index contributed by atoms with van der Waals surface area (Å²) < 4.78 is 0.909. The second-order valence-corrected chi connectivity index (χ2v) is 5.51. The minimum atomic E-state index is 0.0785. The lowest BCUT2D eigenvalue weighted by Gasteiger charge is -2.05. The van der Waals surface area contributed by atoms with Gasteiger partial charge in [0.15, 0.2) is 0 Å². The average molecular weight is 269 g/mol. The SMILES string of the molecule is CC1(C)CC1C(=O)Nc1ccc(Br)cn1. The Labute approximate surface area is 97.4 Å². The zero-order chi connectivity index (χ0) is 11.1. The monoisotopic (exact) mass is 268 g/mol. The van der Waals surface area contributed by atoms with Crippen LogP contribution in [0.15, 0.2) is 22.8 Å². The van der Waals surface area contributed by atoms with E-state index in [2.05, 4.69) is 40.1 Å². The van der Waals surface area contributed by atoms with Crippen molar-refractivity contribution in [2.24, 2.45) is 11.3 Å². The summed E-state index contributed by atoms with van der Waals surface area (Å²) >= 11 is 3.30. The lowest BCUT2D eigenvalue weighted by atomic mass is 10.1. The van der Waals surface area contributed by atoms with E-state index in [4.69, 9.17) is 0 Å². The summed E-state index contributed by atoms with van der Waals surface area (Å²) in [5.41, 5.74) is 0.166. The molecule has 1 amide bonds. The third-order valence-electron chi connectivity index (χ3n) is 2.81. The summed E-state index contributed by atoms with van der Waals surface area (Å²) in [6.07, 6.45) is 2.64. The normalized spacial score (nSPS) is 22.2. The molecule has 15 heavy (non-hydrogen) atoms. The Kier molecular flexibility index (Phi) is 2.54. The Morgan fingerprint density at radius 3 is 2.73 bits per heavy atom. The first-order valence-corrected chi connectivity index (χ1v) is 5.71. The highest BCUT2D eigenvalue weighted by atomic mass is 79.9. The van der Waals surface area contributed by atoms with Crippen LogP contribution in [0.2, 0.25) is 0 Å².